The van der Waals surface area contributed by atoms with Crippen molar-refractivity contribution in [3.8, 4) is 5.75 Å². The fourth-order valence-electron chi connectivity index (χ4n) is 1.71. The average Bonchev–Trinajstić information content (AvgIpc) is 2.38. The topological polar surface area (TPSA) is 55.8 Å². The van der Waals surface area contributed by atoms with Crippen molar-refractivity contribution in [2.24, 2.45) is 0 Å². The predicted octanol–water partition coefficient (Wildman–Crippen LogP) is 2.00. The van der Waals surface area contributed by atoms with Gasteiger partial charge in [-0.25, -0.2) is 0 Å². The van der Waals surface area contributed by atoms with Gasteiger partial charge in [-0.3, -0.25) is 4.79 Å². The minimum absolute atomic E-state index is 0.0365. The lowest BCUT2D eigenvalue weighted by molar-refractivity contribution is 0.0847. The number of rotatable bonds is 7. The van der Waals surface area contributed by atoms with E-state index in [1.54, 1.807) is 32.2 Å². The van der Waals surface area contributed by atoms with E-state index in [-0.39, 0.29) is 12.4 Å². The fourth-order valence-corrected chi connectivity index (χ4v) is 1.71. The number of benzene rings is 1. The summed E-state index contributed by atoms with van der Waals surface area (Å²) >= 11 is 0. The SMILES string of the molecule is C=C(C)C(O)Cc1cc(C(=O)COC)ccc1OC. The number of ether oxygens (including phenoxy) is 2. The highest BCUT2D eigenvalue weighted by Gasteiger charge is 2.14. The quantitative estimate of drug-likeness (QED) is 0.604. The Balaban J connectivity index is 3.02. The maximum atomic E-state index is 11.8. The Labute approximate surface area is 113 Å². The van der Waals surface area contributed by atoms with Crippen LogP contribution in [-0.2, 0) is 11.2 Å². The van der Waals surface area contributed by atoms with Crippen molar-refractivity contribution in [1.29, 1.82) is 0 Å². The molecule has 0 aliphatic carbocycles. The van der Waals surface area contributed by atoms with E-state index in [4.69, 9.17) is 9.47 Å². The van der Waals surface area contributed by atoms with Crippen LogP contribution in [0.3, 0.4) is 0 Å². The second-order valence-corrected chi connectivity index (χ2v) is 4.45. The molecule has 0 aromatic heterocycles. The van der Waals surface area contributed by atoms with E-state index in [1.165, 1.54) is 7.11 Å². The summed E-state index contributed by atoms with van der Waals surface area (Å²) in [6.45, 7) is 5.51. The molecule has 0 spiro atoms. The third-order valence-corrected chi connectivity index (χ3v) is 2.86. The Kier molecular flexibility index (Phi) is 5.73. The second-order valence-electron chi connectivity index (χ2n) is 4.45. The van der Waals surface area contributed by atoms with Crippen LogP contribution in [0.25, 0.3) is 0 Å². The number of ketones is 1. The Hall–Kier alpha value is -1.65. The summed E-state index contributed by atoms with van der Waals surface area (Å²) in [5, 5.41) is 9.87. The van der Waals surface area contributed by atoms with Crippen molar-refractivity contribution in [3.05, 3.63) is 41.5 Å². The first-order valence-corrected chi connectivity index (χ1v) is 6.02. The van der Waals surface area contributed by atoms with Crippen molar-refractivity contribution in [3.63, 3.8) is 0 Å². The maximum Gasteiger partial charge on any atom is 0.188 e. The van der Waals surface area contributed by atoms with Crippen molar-refractivity contribution < 1.29 is 19.4 Å². The molecule has 1 aromatic rings. The first kappa shape index (κ1) is 15.4. The van der Waals surface area contributed by atoms with Crippen LogP contribution in [0.15, 0.2) is 30.4 Å². The number of Topliss-reactive ketones (excluding diaryl/α,β-unsaturated/α-hetero) is 1. The standard InChI is InChI=1S/C15H20O4/c1-10(2)13(16)8-12-7-11(14(17)9-18-3)5-6-15(12)19-4/h5-7,13,16H,1,8-9H2,2-4H3. The van der Waals surface area contributed by atoms with Gasteiger partial charge in [0.05, 0.1) is 13.2 Å². The molecule has 1 N–H and O–H groups in total. The highest BCUT2D eigenvalue weighted by Crippen LogP contribution is 2.23. The first-order chi connectivity index (χ1) is 8.99. The van der Waals surface area contributed by atoms with Gasteiger partial charge in [0.2, 0.25) is 0 Å². The molecule has 0 saturated heterocycles. The smallest absolute Gasteiger partial charge is 0.188 e. The Bertz CT molecular complexity index is 465. The third-order valence-electron chi connectivity index (χ3n) is 2.86. The van der Waals surface area contributed by atoms with Gasteiger partial charge in [-0.1, -0.05) is 12.2 Å². The minimum Gasteiger partial charge on any atom is -0.496 e. The van der Waals surface area contributed by atoms with Crippen LogP contribution in [0.4, 0.5) is 0 Å². The zero-order chi connectivity index (χ0) is 14.4. The van der Waals surface area contributed by atoms with E-state index < -0.39 is 6.10 Å². The lowest BCUT2D eigenvalue weighted by Crippen LogP contribution is -2.13. The Morgan fingerprint density at radius 2 is 2.11 bits per heavy atom. The average molecular weight is 264 g/mol. The molecule has 0 fully saturated rings. The molecule has 0 heterocycles. The molecule has 0 amide bonds. The monoisotopic (exact) mass is 264 g/mol. The molecule has 0 aliphatic heterocycles. The molecule has 1 atom stereocenters. The van der Waals surface area contributed by atoms with Crippen LogP contribution in [0.5, 0.6) is 5.75 Å². The minimum atomic E-state index is -0.651. The van der Waals surface area contributed by atoms with Crippen LogP contribution in [0.1, 0.15) is 22.8 Å². The van der Waals surface area contributed by atoms with Gasteiger partial charge in [-0.05, 0) is 30.7 Å². The van der Waals surface area contributed by atoms with E-state index in [1.807, 2.05) is 0 Å². The van der Waals surface area contributed by atoms with Gasteiger partial charge in [0.25, 0.3) is 0 Å². The van der Waals surface area contributed by atoms with Crippen molar-refractivity contribution in [1.82, 2.24) is 0 Å². The number of carbonyl (C=O) groups is 1. The normalized spacial score (nSPS) is 12.0. The molecule has 0 saturated carbocycles. The van der Waals surface area contributed by atoms with Crippen LogP contribution < -0.4 is 4.74 Å². The van der Waals surface area contributed by atoms with Gasteiger partial charge in [-0.15, -0.1) is 0 Å². The van der Waals surface area contributed by atoms with Crippen LogP contribution >= 0.6 is 0 Å². The zero-order valence-corrected chi connectivity index (χ0v) is 11.6. The van der Waals surface area contributed by atoms with Gasteiger partial charge in [0, 0.05) is 19.1 Å². The largest absolute Gasteiger partial charge is 0.496 e. The molecular weight excluding hydrogens is 244 g/mol. The van der Waals surface area contributed by atoms with E-state index in [0.29, 0.717) is 23.3 Å². The molecule has 1 rings (SSSR count). The van der Waals surface area contributed by atoms with E-state index in [2.05, 4.69) is 6.58 Å². The molecular formula is C15H20O4. The summed E-state index contributed by atoms with van der Waals surface area (Å²) in [7, 11) is 3.04. The van der Waals surface area contributed by atoms with Crippen LogP contribution in [-0.4, -0.2) is 37.8 Å². The van der Waals surface area contributed by atoms with Gasteiger partial charge in [0.1, 0.15) is 12.4 Å². The number of carbonyl (C=O) groups excluding carboxylic acids is 1. The van der Waals surface area contributed by atoms with Crippen LogP contribution in [0, 0.1) is 0 Å². The summed E-state index contributed by atoms with van der Waals surface area (Å²) in [6, 6.07) is 5.15. The molecule has 0 aliphatic rings. The second kappa shape index (κ2) is 7.07. The summed E-state index contributed by atoms with van der Waals surface area (Å²) in [4.78, 5) is 11.8. The molecule has 0 radical (unpaired) electrons. The fraction of sp³-hybridized carbons (Fsp3) is 0.400. The van der Waals surface area contributed by atoms with E-state index in [0.717, 1.165) is 5.56 Å². The molecule has 1 unspecified atom stereocenters. The van der Waals surface area contributed by atoms with E-state index in [9.17, 15) is 9.90 Å². The van der Waals surface area contributed by atoms with Gasteiger partial charge in [0.15, 0.2) is 5.78 Å². The molecule has 4 nitrogen and oxygen atoms in total. The summed E-state index contributed by atoms with van der Waals surface area (Å²) < 4.78 is 10.1. The zero-order valence-electron chi connectivity index (χ0n) is 11.6. The number of aliphatic hydroxyl groups is 1. The highest BCUT2D eigenvalue weighted by atomic mass is 16.5. The summed E-state index contributed by atoms with van der Waals surface area (Å²) in [5.74, 6) is 0.547. The molecule has 19 heavy (non-hydrogen) atoms. The van der Waals surface area contributed by atoms with Gasteiger partial charge >= 0.3 is 0 Å². The summed E-state index contributed by atoms with van der Waals surface area (Å²) in [5.41, 5.74) is 2.00. The first-order valence-electron chi connectivity index (χ1n) is 6.02. The van der Waals surface area contributed by atoms with Gasteiger partial charge < -0.3 is 14.6 Å². The van der Waals surface area contributed by atoms with Crippen molar-refractivity contribution in [2.45, 2.75) is 19.4 Å². The molecule has 104 valence electrons. The summed E-state index contributed by atoms with van der Waals surface area (Å²) in [6.07, 6.45) is -0.284. The molecule has 4 heteroatoms. The Morgan fingerprint density at radius 3 is 2.63 bits per heavy atom. The number of aliphatic hydroxyl groups excluding tert-OH is 1. The van der Waals surface area contributed by atoms with Crippen molar-refractivity contribution >= 4 is 5.78 Å². The third kappa shape index (κ3) is 4.19. The lowest BCUT2D eigenvalue weighted by atomic mass is 9.99. The predicted molar refractivity (Wildman–Crippen MR) is 73.7 cm³/mol. The number of methoxy groups -OCH3 is 2. The van der Waals surface area contributed by atoms with E-state index >= 15 is 0 Å². The maximum absolute atomic E-state index is 11.8. The molecule has 0 bridgehead atoms. The number of hydrogen-bond donors (Lipinski definition) is 1. The highest BCUT2D eigenvalue weighted by molar-refractivity contribution is 5.97. The lowest BCUT2D eigenvalue weighted by Gasteiger charge is -2.14. The van der Waals surface area contributed by atoms with Crippen molar-refractivity contribution in [2.75, 3.05) is 20.8 Å². The van der Waals surface area contributed by atoms with Gasteiger partial charge in [-0.2, -0.15) is 0 Å². The van der Waals surface area contributed by atoms with Crippen LogP contribution in [0.2, 0.25) is 0 Å². The Morgan fingerprint density at radius 1 is 1.42 bits per heavy atom. The molecule has 1 aromatic carbocycles. The number of hydrogen-bond acceptors (Lipinski definition) is 4.